The van der Waals surface area contributed by atoms with Gasteiger partial charge in [-0.05, 0) is 30.9 Å². The normalized spacial score (nSPS) is 37.0. The molecule has 5 heteroatoms. The van der Waals surface area contributed by atoms with E-state index < -0.39 is 11.5 Å². The van der Waals surface area contributed by atoms with Crippen LogP contribution in [0.4, 0.5) is 0 Å². The molecule has 0 bridgehead atoms. The molecule has 2 aliphatic rings. The Kier molecular flexibility index (Phi) is 3.66. The molecule has 1 aliphatic carbocycles. The molecule has 0 aromatic heterocycles. The van der Waals surface area contributed by atoms with Crippen LogP contribution in [0, 0.1) is 11.8 Å². The number of nitrogens with one attached hydrogen (secondary N) is 1. The summed E-state index contributed by atoms with van der Waals surface area (Å²) in [7, 11) is 0. The minimum atomic E-state index is -1.01. The maximum absolute atomic E-state index is 12.1. The second-order valence-electron chi connectivity index (χ2n) is 5.19. The third kappa shape index (κ3) is 2.44. The van der Waals surface area contributed by atoms with Crippen molar-refractivity contribution >= 4 is 23.6 Å². The molecule has 2 rings (SSSR count). The van der Waals surface area contributed by atoms with Gasteiger partial charge in [0, 0.05) is 11.7 Å². The van der Waals surface area contributed by atoms with E-state index in [1.54, 1.807) is 11.8 Å². The Morgan fingerprint density at radius 2 is 2.18 bits per heavy atom. The van der Waals surface area contributed by atoms with E-state index in [-0.39, 0.29) is 11.8 Å². The van der Waals surface area contributed by atoms with E-state index in [0.717, 1.165) is 25.0 Å². The number of rotatable bonds is 3. The van der Waals surface area contributed by atoms with Crippen LogP contribution in [0.5, 0.6) is 0 Å². The second kappa shape index (κ2) is 4.88. The highest BCUT2D eigenvalue weighted by Gasteiger charge is 2.45. The van der Waals surface area contributed by atoms with Gasteiger partial charge >= 0.3 is 5.97 Å². The molecule has 3 unspecified atom stereocenters. The Bertz CT molecular complexity index is 326. The first-order valence-corrected chi connectivity index (χ1v) is 7.34. The van der Waals surface area contributed by atoms with Gasteiger partial charge in [-0.1, -0.05) is 13.3 Å². The highest BCUT2D eigenvalue weighted by Crippen LogP contribution is 2.33. The molecule has 96 valence electrons. The van der Waals surface area contributed by atoms with Crippen LogP contribution in [0.3, 0.4) is 0 Å². The van der Waals surface area contributed by atoms with Crippen LogP contribution >= 0.6 is 11.8 Å². The SMILES string of the molecule is CC1CCCC1C(=O)NC1(C(=O)O)CCSC1. The smallest absolute Gasteiger partial charge is 0.330 e. The molecule has 1 saturated carbocycles. The standard InChI is InChI=1S/C12H19NO3S/c1-8-3-2-4-9(8)10(14)13-12(11(15)16)5-6-17-7-12/h8-9H,2-7H2,1H3,(H,13,14)(H,15,16). The number of aliphatic carboxylic acids is 1. The van der Waals surface area contributed by atoms with Gasteiger partial charge < -0.3 is 10.4 Å². The summed E-state index contributed by atoms with van der Waals surface area (Å²) >= 11 is 1.60. The van der Waals surface area contributed by atoms with Gasteiger partial charge in [-0.3, -0.25) is 4.79 Å². The molecule has 1 aliphatic heterocycles. The number of thioether (sulfide) groups is 1. The van der Waals surface area contributed by atoms with Gasteiger partial charge in [0.2, 0.25) is 5.91 Å². The molecule has 1 amide bonds. The summed E-state index contributed by atoms with van der Waals surface area (Å²) in [5.74, 6) is 0.759. The lowest BCUT2D eigenvalue weighted by Crippen LogP contribution is -2.56. The topological polar surface area (TPSA) is 66.4 Å². The van der Waals surface area contributed by atoms with Crippen molar-refractivity contribution in [2.24, 2.45) is 11.8 Å². The number of carboxylic acids is 1. The molecule has 0 aromatic carbocycles. The molecule has 2 fully saturated rings. The Labute approximate surface area is 106 Å². The fraction of sp³-hybridized carbons (Fsp3) is 0.833. The highest BCUT2D eigenvalue weighted by molar-refractivity contribution is 7.99. The molecule has 1 heterocycles. The van der Waals surface area contributed by atoms with Crippen molar-refractivity contribution in [3.05, 3.63) is 0 Å². The summed E-state index contributed by atoms with van der Waals surface area (Å²) in [4.78, 5) is 23.5. The quantitative estimate of drug-likeness (QED) is 0.804. The van der Waals surface area contributed by atoms with Gasteiger partial charge in [-0.15, -0.1) is 0 Å². The third-order valence-electron chi connectivity index (χ3n) is 3.99. The molecule has 1 saturated heterocycles. The lowest BCUT2D eigenvalue weighted by atomic mass is 9.93. The number of hydrogen-bond donors (Lipinski definition) is 2. The average molecular weight is 257 g/mol. The van der Waals surface area contributed by atoms with Crippen molar-refractivity contribution in [2.75, 3.05) is 11.5 Å². The molecule has 0 aromatic rings. The maximum atomic E-state index is 12.1. The van der Waals surface area contributed by atoms with E-state index in [1.807, 2.05) is 0 Å². The zero-order valence-corrected chi connectivity index (χ0v) is 10.9. The molecule has 2 N–H and O–H groups in total. The number of hydrogen-bond acceptors (Lipinski definition) is 3. The van der Waals surface area contributed by atoms with Crippen LogP contribution in [0.15, 0.2) is 0 Å². The highest BCUT2D eigenvalue weighted by atomic mass is 32.2. The van der Waals surface area contributed by atoms with Gasteiger partial charge in [0.05, 0.1) is 0 Å². The van der Waals surface area contributed by atoms with Crippen molar-refractivity contribution < 1.29 is 14.7 Å². The van der Waals surface area contributed by atoms with E-state index >= 15 is 0 Å². The lowest BCUT2D eigenvalue weighted by Gasteiger charge is -2.27. The third-order valence-corrected chi connectivity index (χ3v) is 5.18. The Morgan fingerprint density at radius 1 is 1.41 bits per heavy atom. The van der Waals surface area contributed by atoms with E-state index in [0.29, 0.717) is 18.1 Å². The molecule has 3 atom stereocenters. The first kappa shape index (κ1) is 12.7. The fourth-order valence-corrected chi connectivity index (χ4v) is 4.07. The van der Waals surface area contributed by atoms with E-state index in [2.05, 4.69) is 12.2 Å². The summed E-state index contributed by atoms with van der Waals surface area (Å²) in [5, 5.41) is 12.1. The molecule has 0 radical (unpaired) electrons. The number of carbonyl (C=O) groups is 2. The minimum absolute atomic E-state index is 0.0109. The van der Waals surface area contributed by atoms with Crippen molar-refractivity contribution in [3.63, 3.8) is 0 Å². The van der Waals surface area contributed by atoms with Crippen LogP contribution in [0.1, 0.15) is 32.6 Å². The lowest BCUT2D eigenvalue weighted by molar-refractivity contribution is -0.147. The van der Waals surface area contributed by atoms with Gasteiger partial charge in [-0.2, -0.15) is 11.8 Å². The summed E-state index contributed by atoms with van der Waals surface area (Å²) in [6, 6.07) is 0. The van der Waals surface area contributed by atoms with Gasteiger partial charge in [0.25, 0.3) is 0 Å². The summed E-state index contributed by atoms with van der Waals surface area (Å²) in [6.45, 7) is 2.08. The van der Waals surface area contributed by atoms with Crippen molar-refractivity contribution in [2.45, 2.75) is 38.1 Å². The monoisotopic (exact) mass is 257 g/mol. The van der Waals surface area contributed by atoms with Crippen molar-refractivity contribution in [1.82, 2.24) is 5.32 Å². The van der Waals surface area contributed by atoms with Gasteiger partial charge in [-0.25, -0.2) is 4.79 Å². The molecular weight excluding hydrogens is 238 g/mol. The number of carboxylic acid groups (broad SMARTS) is 1. The maximum Gasteiger partial charge on any atom is 0.330 e. The van der Waals surface area contributed by atoms with E-state index in [4.69, 9.17) is 0 Å². The second-order valence-corrected chi connectivity index (χ2v) is 6.30. The fourth-order valence-electron chi connectivity index (χ4n) is 2.75. The number of carbonyl (C=O) groups excluding carboxylic acids is 1. The van der Waals surface area contributed by atoms with Crippen LogP contribution < -0.4 is 5.32 Å². The minimum Gasteiger partial charge on any atom is -0.479 e. The molecule has 4 nitrogen and oxygen atoms in total. The van der Waals surface area contributed by atoms with Gasteiger partial charge in [0.1, 0.15) is 5.54 Å². The van der Waals surface area contributed by atoms with E-state index in [1.165, 1.54) is 0 Å². The van der Waals surface area contributed by atoms with Crippen LogP contribution in [-0.2, 0) is 9.59 Å². The summed E-state index contributed by atoms with van der Waals surface area (Å²) < 4.78 is 0. The predicted octanol–water partition coefficient (Wildman–Crippen LogP) is 1.50. The first-order chi connectivity index (χ1) is 8.05. The summed E-state index contributed by atoms with van der Waals surface area (Å²) in [5.41, 5.74) is -1.01. The van der Waals surface area contributed by atoms with E-state index in [9.17, 15) is 14.7 Å². The zero-order valence-electron chi connectivity index (χ0n) is 10.1. The van der Waals surface area contributed by atoms with Crippen molar-refractivity contribution in [1.29, 1.82) is 0 Å². The summed E-state index contributed by atoms with van der Waals surface area (Å²) in [6.07, 6.45) is 3.59. The molecular formula is C12H19NO3S. The molecule has 17 heavy (non-hydrogen) atoms. The van der Waals surface area contributed by atoms with Crippen LogP contribution in [0.25, 0.3) is 0 Å². The van der Waals surface area contributed by atoms with Crippen LogP contribution in [0.2, 0.25) is 0 Å². The Hall–Kier alpha value is -0.710. The Balaban J connectivity index is 2.03. The average Bonchev–Trinajstić information content (AvgIpc) is 2.87. The first-order valence-electron chi connectivity index (χ1n) is 6.18. The van der Waals surface area contributed by atoms with Gasteiger partial charge in [0.15, 0.2) is 0 Å². The van der Waals surface area contributed by atoms with Crippen LogP contribution in [-0.4, -0.2) is 34.0 Å². The zero-order chi connectivity index (χ0) is 12.5. The Morgan fingerprint density at radius 3 is 2.65 bits per heavy atom. The largest absolute Gasteiger partial charge is 0.479 e. The van der Waals surface area contributed by atoms with Crippen molar-refractivity contribution in [3.8, 4) is 0 Å². The predicted molar refractivity (Wildman–Crippen MR) is 67.0 cm³/mol. The molecule has 0 spiro atoms. The number of amides is 1.